The molecular weight excluding hydrogens is 321 g/mol. The topological polar surface area (TPSA) is 35.2 Å². The van der Waals surface area contributed by atoms with E-state index >= 15 is 0 Å². The van der Waals surface area contributed by atoms with Crippen LogP contribution in [0.4, 0.5) is 4.39 Å². The molecule has 0 radical (unpaired) electrons. The molecule has 0 aliphatic rings. The molecule has 0 aromatic heterocycles. The smallest absolute Gasteiger partial charge is 0.127 e. The van der Waals surface area contributed by atoms with Crippen molar-refractivity contribution in [1.29, 1.82) is 0 Å². The maximum absolute atomic E-state index is 13.1. The minimum atomic E-state index is -0.228. The second-order valence-corrected chi connectivity index (χ2v) is 5.69. The van der Waals surface area contributed by atoms with Crippen LogP contribution >= 0.6 is 15.9 Å². The molecule has 2 aromatic carbocycles. The van der Waals surface area contributed by atoms with Crippen molar-refractivity contribution >= 4 is 15.9 Å². The summed E-state index contributed by atoms with van der Waals surface area (Å²) < 4.78 is 20.0. The van der Waals surface area contributed by atoms with Gasteiger partial charge in [-0.1, -0.05) is 22.0 Å². The van der Waals surface area contributed by atoms with Crippen LogP contribution in [0.25, 0.3) is 0 Å². The monoisotopic (exact) mass is 337 g/mol. The van der Waals surface area contributed by atoms with E-state index in [2.05, 4.69) is 15.9 Å². The molecule has 0 saturated carbocycles. The summed E-state index contributed by atoms with van der Waals surface area (Å²) in [6.07, 6.45) is 0. The highest BCUT2D eigenvalue weighted by atomic mass is 79.9. The molecule has 0 aliphatic carbocycles. The average Bonchev–Trinajstić information content (AvgIpc) is 2.38. The predicted octanol–water partition coefficient (Wildman–Crippen LogP) is 4.24. The summed E-state index contributed by atoms with van der Waals surface area (Å²) in [6.45, 7) is 4.68. The number of hydrogen-bond donors (Lipinski definition) is 1. The highest BCUT2D eigenvalue weighted by Gasteiger charge is 2.09. The van der Waals surface area contributed by atoms with Gasteiger partial charge in [-0.3, -0.25) is 0 Å². The van der Waals surface area contributed by atoms with Crippen LogP contribution in [0.3, 0.4) is 0 Å². The largest absolute Gasteiger partial charge is 0.488 e. The molecule has 0 spiro atoms. The standard InChI is InChI=1S/C16H17BrFNO/c1-10-6-15(18)4-3-12(10)9-20-16-11(2)5-14(17)7-13(16)8-19/h3-7H,8-9,19H2,1-2H3. The van der Waals surface area contributed by atoms with Crippen LogP contribution in [-0.4, -0.2) is 0 Å². The summed E-state index contributed by atoms with van der Waals surface area (Å²) in [5.74, 6) is 0.577. The van der Waals surface area contributed by atoms with Gasteiger partial charge in [0.15, 0.2) is 0 Å². The van der Waals surface area contributed by atoms with Gasteiger partial charge >= 0.3 is 0 Å². The van der Waals surface area contributed by atoms with Crippen LogP contribution in [0.2, 0.25) is 0 Å². The lowest BCUT2D eigenvalue weighted by molar-refractivity contribution is 0.300. The Morgan fingerprint density at radius 3 is 2.50 bits per heavy atom. The van der Waals surface area contributed by atoms with Crippen molar-refractivity contribution in [3.05, 3.63) is 62.9 Å². The van der Waals surface area contributed by atoms with Crippen LogP contribution in [0.5, 0.6) is 5.75 Å². The molecule has 2 aromatic rings. The van der Waals surface area contributed by atoms with Gasteiger partial charge in [0.1, 0.15) is 18.2 Å². The Morgan fingerprint density at radius 1 is 1.10 bits per heavy atom. The lowest BCUT2D eigenvalue weighted by atomic mass is 10.1. The predicted molar refractivity (Wildman–Crippen MR) is 82.2 cm³/mol. The molecule has 2 rings (SSSR count). The molecule has 0 heterocycles. The molecule has 0 atom stereocenters. The quantitative estimate of drug-likeness (QED) is 0.905. The van der Waals surface area contributed by atoms with Gasteiger partial charge in [0.05, 0.1) is 0 Å². The molecule has 20 heavy (non-hydrogen) atoms. The molecule has 0 unspecified atom stereocenters. The number of ether oxygens (including phenoxy) is 1. The maximum Gasteiger partial charge on any atom is 0.127 e. The van der Waals surface area contributed by atoms with E-state index in [1.54, 1.807) is 6.07 Å². The van der Waals surface area contributed by atoms with Gasteiger partial charge in [-0.25, -0.2) is 4.39 Å². The minimum Gasteiger partial charge on any atom is -0.488 e. The fourth-order valence-corrected chi connectivity index (χ4v) is 2.75. The highest BCUT2D eigenvalue weighted by molar-refractivity contribution is 9.10. The molecule has 2 N–H and O–H groups in total. The molecule has 0 aliphatic heterocycles. The fraction of sp³-hybridized carbons (Fsp3) is 0.250. The Bertz CT molecular complexity index is 628. The second kappa shape index (κ2) is 6.37. The van der Waals surface area contributed by atoms with Crippen molar-refractivity contribution in [1.82, 2.24) is 0 Å². The van der Waals surface area contributed by atoms with E-state index in [0.717, 1.165) is 32.5 Å². The SMILES string of the molecule is Cc1cc(F)ccc1COc1c(C)cc(Br)cc1CN. The van der Waals surface area contributed by atoms with Gasteiger partial charge in [0.25, 0.3) is 0 Å². The molecular formula is C16H17BrFNO. The summed E-state index contributed by atoms with van der Waals surface area (Å²) in [7, 11) is 0. The first-order chi connectivity index (χ1) is 9.51. The van der Waals surface area contributed by atoms with Crippen LogP contribution in [-0.2, 0) is 13.2 Å². The Hall–Kier alpha value is -1.39. The molecule has 0 amide bonds. The Labute approximate surface area is 126 Å². The van der Waals surface area contributed by atoms with E-state index in [0.29, 0.717) is 13.2 Å². The lowest BCUT2D eigenvalue weighted by Gasteiger charge is -2.15. The third-order valence-electron chi connectivity index (χ3n) is 3.21. The molecule has 106 valence electrons. The molecule has 0 saturated heterocycles. The average molecular weight is 338 g/mol. The van der Waals surface area contributed by atoms with Crippen molar-refractivity contribution in [3.63, 3.8) is 0 Å². The van der Waals surface area contributed by atoms with Crippen molar-refractivity contribution in [2.75, 3.05) is 0 Å². The summed E-state index contributed by atoms with van der Waals surface area (Å²) in [5.41, 5.74) is 9.59. The van der Waals surface area contributed by atoms with E-state index in [-0.39, 0.29) is 5.82 Å². The molecule has 4 heteroatoms. The van der Waals surface area contributed by atoms with E-state index in [9.17, 15) is 4.39 Å². The fourth-order valence-electron chi connectivity index (χ4n) is 2.13. The maximum atomic E-state index is 13.1. The number of rotatable bonds is 4. The molecule has 2 nitrogen and oxygen atoms in total. The van der Waals surface area contributed by atoms with Crippen LogP contribution in [0.15, 0.2) is 34.8 Å². The minimum absolute atomic E-state index is 0.228. The van der Waals surface area contributed by atoms with Gasteiger partial charge in [0.2, 0.25) is 0 Å². The number of halogens is 2. The number of nitrogens with two attached hydrogens (primary N) is 1. The Morgan fingerprint density at radius 2 is 1.85 bits per heavy atom. The number of benzene rings is 2. The Kier molecular flexibility index (Phi) is 4.78. The van der Waals surface area contributed by atoms with Gasteiger partial charge in [-0.15, -0.1) is 0 Å². The summed E-state index contributed by atoms with van der Waals surface area (Å²) in [6, 6.07) is 8.66. The zero-order chi connectivity index (χ0) is 14.7. The first-order valence-electron chi connectivity index (χ1n) is 6.38. The highest BCUT2D eigenvalue weighted by Crippen LogP contribution is 2.28. The summed E-state index contributed by atoms with van der Waals surface area (Å²) in [4.78, 5) is 0. The van der Waals surface area contributed by atoms with E-state index in [4.69, 9.17) is 10.5 Å². The van der Waals surface area contributed by atoms with Crippen molar-refractivity contribution in [2.45, 2.75) is 27.0 Å². The lowest BCUT2D eigenvalue weighted by Crippen LogP contribution is -2.05. The zero-order valence-corrected chi connectivity index (χ0v) is 13.1. The van der Waals surface area contributed by atoms with Gasteiger partial charge < -0.3 is 10.5 Å². The number of hydrogen-bond acceptors (Lipinski definition) is 2. The van der Waals surface area contributed by atoms with Crippen LogP contribution < -0.4 is 10.5 Å². The molecule has 0 bridgehead atoms. The van der Waals surface area contributed by atoms with Crippen molar-refractivity contribution < 1.29 is 9.13 Å². The van der Waals surface area contributed by atoms with Crippen LogP contribution in [0, 0.1) is 19.7 Å². The van der Waals surface area contributed by atoms with E-state index in [1.807, 2.05) is 26.0 Å². The first kappa shape index (κ1) is 15.0. The van der Waals surface area contributed by atoms with Crippen molar-refractivity contribution in [3.8, 4) is 5.75 Å². The number of aryl methyl sites for hydroxylation is 2. The van der Waals surface area contributed by atoms with E-state index < -0.39 is 0 Å². The molecule has 0 fully saturated rings. The van der Waals surface area contributed by atoms with Crippen LogP contribution in [0.1, 0.15) is 22.3 Å². The Balaban J connectivity index is 2.22. The van der Waals surface area contributed by atoms with Gasteiger partial charge in [0, 0.05) is 16.6 Å². The zero-order valence-electron chi connectivity index (χ0n) is 11.5. The second-order valence-electron chi connectivity index (χ2n) is 4.77. The third-order valence-corrected chi connectivity index (χ3v) is 3.67. The van der Waals surface area contributed by atoms with Crippen molar-refractivity contribution in [2.24, 2.45) is 5.73 Å². The first-order valence-corrected chi connectivity index (χ1v) is 7.17. The normalized spacial score (nSPS) is 10.7. The van der Waals surface area contributed by atoms with Gasteiger partial charge in [-0.2, -0.15) is 0 Å². The summed E-state index contributed by atoms with van der Waals surface area (Å²) >= 11 is 3.45. The van der Waals surface area contributed by atoms with E-state index in [1.165, 1.54) is 12.1 Å². The summed E-state index contributed by atoms with van der Waals surface area (Å²) in [5, 5.41) is 0. The third kappa shape index (κ3) is 3.38. The van der Waals surface area contributed by atoms with Gasteiger partial charge in [-0.05, 0) is 54.8 Å².